The Balaban J connectivity index is 1.67. The number of halogens is 1. The van der Waals surface area contributed by atoms with Gasteiger partial charge in [0, 0.05) is 18.7 Å². The minimum Gasteiger partial charge on any atom is -0.352 e. The highest BCUT2D eigenvalue weighted by molar-refractivity contribution is 8.00. The lowest BCUT2D eigenvalue weighted by Crippen LogP contribution is -2.44. The maximum Gasteiger partial charge on any atom is 0.233 e. The van der Waals surface area contributed by atoms with E-state index in [0.717, 1.165) is 12.0 Å². The van der Waals surface area contributed by atoms with E-state index < -0.39 is 0 Å². The Labute approximate surface area is 163 Å². The van der Waals surface area contributed by atoms with Gasteiger partial charge in [-0.25, -0.2) is 0 Å². The predicted molar refractivity (Wildman–Crippen MR) is 106 cm³/mol. The van der Waals surface area contributed by atoms with E-state index in [2.05, 4.69) is 22.4 Å². The molecule has 3 rings (SSSR count). The molecule has 0 aliphatic heterocycles. The van der Waals surface area contributed by atoms with Crippen molar-refractivity contribution < 1.29 is 4.79 Å². The molecule has 1 N–H and O–H groups in total. The Bertz CT molecular complexity index is 779. The van der Waals surface area contributed by atoms with Crippen molar-refractivity contribution in [2.24, 2.45) is 13.0 Å². The van der Waals surface area contributed by atoms with E-state index >= 15 is 0 Å². The van der Waals surface area contributed by atoms with E-state index in [1.165, 1.54) is 31.0 Å². The summed E-state index contributed by atoms with van der Waals surface area (Å²) in [6, 6.07) is 7.85. The lowest BCUT2D eigenvalue weighted by atomic mass is 9.86. The summed E-state index contributed by atoms with van der Waals surface area (Å²) in [5.74, 6) is 1.31. The van der Waals surface area contributed by atoms with Crippen LogP contribution in [0.5, 0.6) is 0 Å². The molecule has 7 heteroatoms. The quantitative estimate of drug-likeness (QED) is 0.770. The molecule has 0 bridgehead atoms. The second-order valence-corrected chi connectivity index (χ2v) is 8.70. The van der Waals surface area contributed by atoms with Gasteiger partial charge in [-0.15, -0.1) is 10.2 Å². The normalized spacial score (nSPS) is 21.4. The number of amides is 1. The van der Waals surface area contributed by atoms with Crippen molar-refractivity contribution in [3.63, 3.8) is 0 Å². The van der Waals surface area contributed by atoms with Gasteiger partial charge in [0.15, 0.2) is 11.0 Å². The van der Waals surface area contributed by atoms with Gasteiger partial charge in [-0.2, -0.15) is 0 Å². The second-order valence-electron chi connectivity index (χ2n) is 6.98. The number of carbonyl (C=O) groups excluding carboxylic acids is 1. The van der Waals surface area contributed by atoms with Crippen molar-refractivity contribution >= 4 is 29.3 Å². The summed E-state index contributed by atoms with van der Waals surface area (Å²) in [7, 11) is 1.90. The van der Waals surface area contributed by atoms with Gasteiger partial charge in [-0.3, -0.25) is 4.79 Å². The summed E-state index contributed by atoms with van der Waals surface area (Å²) in [5, 5.41) is 12.8. The zero-order chi connectivity index (χ0) is 18.7. The fourth-order valence-corrected chi connectivity index (χ4v) is 4.38. The highest BCUT2D eigenvalue weighted by atomic mass is 35.5. The van der Waals surface area contributed by atoms with Crippen molar-refractivity contribution in [1.29, 1.82) is 0 Å². The van der Waals surface area contributed by atoms with Crippen LogP contribution in [-0.2, 0) is 11.8 Å². The van der Waals surface area contributed by atoms with Crippen molar-refractivity contribution in [1.82, 2.24) is 20.1 Å². The van der Waals surface area contributed by atoms with E-state index in [1.54, 1.807) is 0 Å². The Hall–Kier alpha value is -1.53. The number of hydrogen-bond acceptors (Lipinski definition) is 4. The minimum atomic E-state index is -0.230. The molecule has 5 nitrogen and oxygen atoms in total. The summed E-state index contributed by atoms with van der Waals surface area (Å²) in [4.78, 5) is 12.6. The van der Waals surface area contributed by atoms with Crippen molar-refractivity contribution in [2.45, 2.75) is 56.0 Å². The molecule has 1 amide bonds. The number of aromatic nitrogens is 3. The third-order valence-corrected chi connectivity index (χ3v) is 6.50. The maximum atomic E-state index is 12.6. The van der Waals surface area contributed by atoms with Gasteiger partial charge in [-0.05, 0) is 37.8 Å². The average molecular weight is 393 g/mol. The van der Waals surface area contributed by atoms with E-state index in [-0.39, 0.29) is 17.2 Å². The molecule has 1 fully saturated rings. The predicted octanol–water partition coefficient (Wildman–Crippen LogP) is 4.31. The summed E-state index contributed by atoms with van der Waals surface area (Å²) in [6.07, 6.45) is 4.73. The summed E-state index contributed by atoms with van der Waals surface area (Å²) in [6.45, 7) is 4.14. The van der Waals surface area contributed by atoms with Gasteiger partial charge >= 0.3 is 0 Å². The van der Waals surface area contributed by atoms with Crippen LogP contribution in [0, 0.1) is 5.92 Å². The molecule has 3 atom stereocenters. The van der Waals surface area contributed by atoms with E-state index in [9.17, 15) is 4.79 Å². The van der Waals surface area contributed by atoms with Crippen molar-refractivity contribution in [3.8, 4) is 11.4 Å². The average Bonchev–Trinajstić information content (AvgIpc) is 2.98. The molecule has 0 unspecified atom stereocenters. The van der Waals surface area contributed by atoms with Gasteiger partial charge in [0.1, 0.15) is 0 Å². The topological polar surface area (TPSA) is 59.8 Å². The molecule has 26 heavy (non-hydrogen) atoms. The van der Waals surface area contributed by atoms with Crippen LogP contribution < -0.4 is 5.32 Å². The molecular weight excluding hydrogens is 368 g/mol. The van der Waals surface area contributed by atoms with Crippen LogP contribution in [0.15, 0.2) is 29.4 Å². The second kappa shape index (κ2) is 8.44. The van der Waals surface area contributed by atoms with Crippen LogP contribution in [0.4, 0.5) is 0 Å². The zero-order valence-corrected chi connectivity index (χ0v) is 17.0. The number of thioether (sulfide) groups is 1. The monoisotopic (exact) mass is 392 g/mol. The first-order chi connectivity index (χ1) is 12.5. The molecular formula is C19H25ClN4OS. The number of rotatable bonds is 5. The molecule has 1 aliphatic carbocycles. The Morgan fingerprint density at radius 2 is 2.04 bits per heavy atom. The van der Waals surface area contributed by atoms with Gasteiger partial charge in [0.2, 0.25) is 5.91 Å². The van der Waals surface area contributed by atoms with E-state index in [4.69, 9.17) is 11.6 Å². The molecule has 140 valence electrons. The number of benzene rings is 1. The first-order valence-electron chi connectivity index (χ1n) is 9.08. The highest BCUT2D eigenvalue weighted by Gasteiger charge is 2.26. The molecule has 1 aromatic heterocycles. The first kappa shape index (κ1) is 19.2. The van der Waals surface area contributed by atoms with Crippen LogP contribution in [0.1, 0.15) is 39.5 Å². The molecule has 0 spiro atoms. The first-order valence-corrected chi connectivity index (χ1v) is 10.3. The molecule has 1 heterocycles. The van der Waals surface area contributed by atoms with Crippen molar-refractivity contribution in [2.75, 3.05) is 0 Å². The molecule has 1 aliphatic rings. The minimum absolute atomic E-state index is 0.0658. The van der Waals surface area contributed by atoms with E-state index in [0.29, 0.717) is 21.9 Å². The summed E-state index contributed by atoms with van der Waals surface area (Å²) < 4.78 is 1.89. The van der Waals surface area contributed by atoms with Gasteiger partial charge in [0.05, 0.1) is 10.3 Å². The SMILES string of the molecule is C[C@@H]1CCCC[C@@H]1NC(=O)[C@@H](C)Sc1nnc(-c2ccccc2Cl)n1C. The number of nitrogens with one attached hydrogen (secondary N) is 1. The Kier molecular flexibility index (Phi) is 6.24. The molecule has 1 aromatic carbocycles. The lowest BCUT2D eigenvalue weighted by molar-refractivity contribution is -0.121. The van der Waals surface area contributed by atoms with Crippen LogP contribution in [0.25, 0.3) is 11.4 Å². The van der Waals surface area contributed by atoms with Gasteiger partial charge in [0.25, 0.3) is 0 Å². The number of nitrogens with zero attached hydrogens (tertiary/aromatic N) is 3. The largest absolute Gasteiger partial charge is 0.352 e. The lowest BCUT2D eigenvalue weighted by Gasteiger charge is -2.30. The molecule has 0 saturated heterocycles. The van der Waals surface area contributed by atoms with Crippen molar-refractivity contribution in [3.05, 3.63) is 29.3 Å². The third-order valence-electron chi connectivity index (χ3n) is 5.04. The highest BCUT2D eigenvalue weighted by Crippen LogP contribution is 2.30. The van der Waals surface area contributed by atoms with E-state index in [1.807, 2.05) is 42.8 Å². The fraction of sp³-hybridized carbons (Fsp3) is 0.526. The van der Waals surface area contributed by atoms with Crippen LogP contribution in [0.3, 0.4) is 0 Å². The van der Waals surface area contributed by atoms with Crippen LogP contribution in [0.2, 0.25) is 5.02 Å². The van der Waals surface area contributed by atoms with Gasteiger partial charge < -0.3 is 9.88 Å². The van der Waals surface area contributed by atoms with Crippen LogP contribution in [-0.4, -0.2) is 32.0 Å². The van der Waals surface area contributed by atoms with Gasteiger partial charge in [-0.1, -0.05) is 55.3 Å². The molecule has 2 aromatic rings. The standard InChI is InChI=1S/C19H25ClN4OS/c1-12-8-4-7-11-16(12)21-18(25)13(2)26-19-23-22-17(24(19)3)14-9-5-6-10-15(14)20/h5-6,9-10,12-13,16H,4,7-8,11H2,1-3H3,(H,21,25)/t12-,13-,16+/m1/s1. The number of hydrogen-bond donors (Lipinski definition) is 1. The summed E-state index contributed by atoms with van der Waals surface area (Å²) in [5.41, 5.74) is 0.837. The smallest absolute Gasteiger partial charge is 0.233 e. The molecule has 1 saturated carbocycles. The maximum absolute atomic E-state index is 12.6. The fourth-order valence-electron chi connectivity index (χ4n) is 3.34. The zero-order valence-electron chi connectivity index (χ0n) is 15.4. The summed E-state index contributed by atoms with van der Waals surface area (Å²) >= 11 is 7.69. The molecule has 0 radical (unpaired) electrons. The Morgan fingerprint density at radius 1 is 1.31 bits per heavy atom. The third kappa shape index (κ3) is 4.23. The number of carbonyl (C=O) groups is 1. The Morgan fingerprint density at radius 3 is 2.77 bits per heavy atom. The van der Waals surface area contributed by atoms with Crippen LogP contribution >= 0.6 is 23.4 Å².